The number of aliphatic imine (C=N–C) groups is 1. The summed E-state index contributed by atoms with van der Waals surface area (Å²) in [5.41, 5.74) is 8.99. The zero-order chi connectivity index (χ0) is 18.0. The number of benzene rings is 1. The predicted octanol–water partition coefficient (Wildman–Crippen LogP) is 2.51. The molecule has 0 aromatic heterocycles. The Hall–Kier alpha value is -2.50. The Morgan fingerprint density at radius 2 is 2.28 bits per heavy atom. The monoisotopic (exact) mass is 343 g/mol. The first-order valence-electron chi connectivity index (χ1n) is 8.56. The van der Waals surface area contributed by atoms with Gasteiger partial charge in [-0.25, -0.2) is 9.79 Å². The molecule has 0 amide bonds. The first kappa shape index (κ1) is 17.3. The second-order valence-corrected chi connectivity index (χ2v) is 6.72. The molecule has 1 aromatic carbocycles. The highest BCUT2D eigenvalue weighted by atomic mass is 16.5. The summed E-state index contributed by atoms with van der Waals surface area (Å²) in [6.07, 6.45) is 3.04. The van der Waals surface area contributed by atoms with Gasteiger partial charge in [0.15, 0.2) is 5.96 Å². The van der Waals surface area contributed by atoms with Crippen molar-refractivity contribution in [3.63, 3.8) is 0 Å². The van der Waals surface area contributed by atoms with Crippen LogP contribution in [0.5, 0.6) is 5.75 Å². The number of allylic oxidation sites excluding steroid dienone is 1. The summed E-state index contributed by atoms with van der Waals surface area (Å²) < 4.78 is 10.7. The molecule has 0 bridgehead atoms. The number of nitrogens with zero attached hydrogens (tertiary/aromatic N) is 2. The average molecular weight is 343 g/mol. The molecular formula is C19H25N3O3. The van der Waals surface area contributed by atoms with Crippen LogP contribution in [0.4, 0.5) is 0 Å². The molecule has 2 atom stereocenters. The van der Waals surface area contributed by atoms with E-state index in [0.29, 0.717) is 30.6 Å². The number of nitrogens with two attached hydrogens (primary N) is 1. The molecule has 25 heavy (non-hydrogen) atoms. The zero-order valence-corrected chi connectivity index (χ0v) is 15.0. The maximum atomic E-state index is 11.9. The Labute approximate surface area is 148 Å². The van der Waals surface area contributed by atoms with Gasteiger partial charge in [-0.05, 0) is 38.5 Å². The maximum absolute atomic E-state index is 11.9. The molecule has 0 radical (unpaired) electrons. The van der Waals surface area contributed by atoms with Gasteiger partial charge in [-0.2, -0.15) is 0 Å². The summed E-state index contributed by atoms with van der Waals surface area (Å²) in [5, 5.41) is 0. The van der Waals surface area contributed by atoms with Crippen LogP contribution in [-0.4, -0.2) is 43.6 Å². The molecule has 1 saturated heterocycles. The zero-order valence-electron chi connectivity index (χ0n) is 15.0. The van der Waals surface area contributed by atoms with Crippen molar-refractivity contribution < 1.29 is 14.3 Å². The number of likely N-dealkylation sites (tertiary alicyclic amines) is 1. The Bertz CT molecular complexity index is 723. The van der Waals surface area contributed by atoms with E-state index in [1.54, 1.807) is 6.07 Å². The van der Waals surface area contributed by atoms with Crippen LogP contribution in [0.25, 0.3) is 0 Å². The lowest BCUT2D eigenvalue weighted by atomic mass is 9.90. The van der Waals surface area contributed by atoms with Crippen molar-refractivity contribution in [2.45, 2.75) is 26.3 Å². The summed E-state index contributed by atoms with van der Waals surface area (Å²) in [5.74, 6) is 1.34. The van der Waals surface area contributed by atoms with Gasteiger partial charge in [0.2, 0.25) is 0 Å². The molecule has 1 aromatic rings. The van der Waals surface area contributed by atoms with Crippen LogP contribution < -0.4 is 10.5 Å². The molecule has 6 nitrogen and oxygen atoms in total. The van der Waals surface area contributed by atoms with Crippen molar-refractivity contribution in [3.8, 4) is 5.75 Å². The Morgan fingerprint density at radius 3 is 3.00 bits per heavy atom. The summed E-state index contributed by atoms with van der Waals surface area (Å²) in [6, 6.07) is 5.52. The van der Waals surface area contributed by atoms with Crippen LogP contribution in [0.1, 0.15) is 42.2 Å². The summed E-state index contributed by atoms with van der Waals surface area (Å²) in [6.45, 7) is 6.16. The first-order valence-corrected chi connectivity index (χ1v) is 8.56. The normalized spacial score (nSPS) is 21.9. The van der Waals surface area contributed by atoms with E-state index in [2.05, 4.69) is 9.89 Å². The van der Waals surface area contributed by atoms with Gasteiger partial charge in [-0.1, -0.05) is 11.6 Å². The lowest BCUT2D eigenvalue weighted by molar-refractivity contribution is 0.0600. The number of hydrogen-bond acceptors (Lipinski definition) is 4. The summed E-state index contributed by atoms with van der Waals surface area (Å²) >= 11 is 0. The van der Waals surface area contributed by atoms with E-state index in [1.165, 1.54) is 12.7 Å². The molecule has 134 valence electrons. The van der Waals surface area contributed by atoms with Crippen molar-refractivity contribution in [2.24, 2.45) is 16.6 Å². The molecular weight excluding hydrogens is 318 g/mol. The quantitative estimate of drug-likeness (QED) is 0.395. The molecule has 6 heteroatoms. The minimum Gasteiger partial charge on any atom is -0.493 e. The molecule has 0 saturated carbocycles. The molecule has 2 N–H and O–H groups in total. The van der Waals surface area contributed by atoms with Gasteiger partial charge < -0.3 is 20.1 Å². The van der Waals surface area contributed by atoms with E-state index in [9.17, 15) is 4.79 Å². The molecule has 3 rings (SSSR count). The van der Waals surface area contributed by atoms with Crippen molar-refractivity contribution in [3.05, 3.63) is 41.0 Å². The fraction of sp³-hybridized carbons (Fsp3) is 0.474. The minimum atomic E-state index is -0.348. The second-order valence-electron chi connectivity index (χ2n) is 6.72. The number of carbonyl (C=O) groups is 1. The number of ether oxygens (including phenoxy) is 2. The number of esters is 1. The summed E-state index contributed by atoms with van der Waals surface area (Å²) in [7, 11) is 1.39. The van der Waals surface area contributed by atoms with E-state index in [-0.39, 0.29) is 12.0 Å². The van der Waals surface area contributed by atoms with Crippen LogP contribution in [0, 0.1) is 5.92 Å². The summed E-state index contributed by atoms with van der Waals surface area (Å²) in [4.78, 5) is 18.5. The van der Waals surface area contributed by atoms with Gasteiger partial charge in [0.05, 0.1) is 31.9 Å². The first-order chi connectivity index (χ1) is 12.0. The number of guanidine groups is 1. The predicted molar refractivity (Wildman–Crippen MR) is 96.8 cm³/mol. The molecule has 0 unspecified atom stereocenters. The smallest absolute Gasteiger partial charge is 0.337 e. The highest BCUT2D eigenvalue weighted by Gasteiger charge is 2.41. The third-order valence-corrected chi connectivity index (χ3v) is 4.77. The van der Waals surface area contributed by atoms with Gasteiger partial charge in [0, 0.05) is 18.0 Å². The molecule has 1 fully saturated rings. The number of fused-ring (bicyclic) bond motifs is 3. The van der Waals surface area contributed by atoms with Crippen LogP contribution in [0.15, 0.2) is 34.8 Å². The highest BCUT2D eigenvalue weighted by Crippen LogP contribution is 2.45. The minimum absolute atomic E-state index is 0.0869. The van der Waals surface area contributed by atoms with Crippen molar-refractivity contribution in [2.75, 3.05) is 26.8 Å². The van der Waals surface area contributed by atoms with Crippen LogP contribution in [0.2, 0.25) is 0 Å². The van der Waals surface area contributed by atoms with Crippen molar-refractivity contribution >= 4 is 11.9 Å². The molecule has 2 aliphatic rings. The lowest BCUT2D eigenvalue weighted by Gasteiger charge is -2.34. The standard InChI is InChI=1S/C19H25N3O3/c1-12(2)6-8-21-19(20)22-9-7-14-11-25-16-5-4-13(18(23)24-3)10-15(16)17(14)22/h4-6,10,14,17H,7-9,11H2,1-3H3,(H2,20,21)/t14-,17-/m0/s1. The largest absolute Gasteiger partial charge is 0.493 e. The third-order valence-electron chi connectivity index (χ3n) is 4.77. The van der Waals surface area contributed by atoms with Crippen LogP contribution in [-0.2, 0) is 4.74 Å². The fourth-order valence-electron chi connectivity index (χ4n) is 3.47. The molecule has 0 spiro atoms. The van der Waals surface area contributed by atoms with Gasteiger partial charge in [0.25, 0.3) is 0 Å². The highest BCUT2D eigenvalue weighted by molar-refractivity contribution is 5.90. The van der Waals surface area contributed by atoms with E-state index in [1.807, 2.05) is 32.1 Å². The number of rotatable bonds is 3. The average Bonchev–Trinajstić information content (AvgIpc) is 3.04. The molecule has 2 aliphatic heterocycles. The number of hydrogen-bond donors (Lipinski definition) is 1. The van der Waals surface area contributed by atoms with Crippen molar-refractivity contribution in [1.29, 1.82) is 0 Å². The van der Waals surface area contributed by atoms with Gasteiger partial charge in [-0.15, -0.1) is 0 Å². The van der Waals surface area contributed by atoms with E-state index in [4.69, 9.17) is 15.2 Å². The molecule has 2 heterocycles. The third kappa shape index (κ3) is 3.48. The van der Waals surface area contributed by atoms with Crippen LogP contribution in [0.3, 0.4) is 0 Å². The fourth-order valence-corrected chi connectivity index (χ4v) is 3.47. The van der Waals surface area contributed by atoms with Crippen LogP contribution >= 0.6 is 0 Å². The van der Waals surface area contributed by atoms with Gasteiger partial charge in [-0.3, -0.25) is 0 Å². The number of carbonyl (C=O) groups excluding carboxylic acids is 1. The Morgan fingerprint density at radius 1 is 1.48 bits per heavy atom. The SMILES string of the molecule is COC(=O)c1ccc2c(c1)[C@@H]1[C@@H](CCN1C(N)=NCC=C(C)C)CO2. The Balaban J connectivity index is 1.91. The van der Waals surface area contributed by atoms with E-state index >= 15 is 0 Å². The van der Waals surface area contributed by atoms with Gasteiger partial charge in [0.1, 0.15) is 5.75 Å². The van der Waals surface area contributed by atoms with E-state index < -0.39 is 0 Å². The molecule has 0 aliphatic carbocycles. The maximum Gasteiger partial charge on any atom is 0.337 e. The van der Waals surface area contributed by atoms with Crippen molar-refractivity contribution in [1.82, 2.24) is 4.90 Å². The number of methoxy groups -OCH3 is 1. The van der Waals surface area contributed by atoms with E-state index in [0.717, 1.165) is 24.3 Å². The lowest BCUT2D eigenvalue weighted by Crippen LogP contribution is -2.40. The second kappa shape index (κ2) is 7.17. The van der Waals surface area contributed by atoms with Gasteiger partial charge >= 0.3 is 5.97 Å². The Kier molecular flexibility index (Phi) is 4.97. The topological polar surface area (TPSA) is 77.2 Å².